The zero-order valence-electron chi connectivity index (χ0n) is 9.68. The van der Waals surface area contributed by atoms with E-state index in [2.05, 4.69) is 25.1 Å². The number of fused-ring (bicyclic) bond motifs is 1. The van der Waals surface area contributed by atoms with E-state index < -0.39 is 0 Å². The second-order valence-corrected chi connectivity index (χ2v) is 4.77. The van der Waals surface area contributed by atoms with Gasteiger partial charge in [-0.3, -0.25) is 4.98 Å². The van der Waals surface area contributed by atoms with Crippen LogP contribution in [0.1, 0.15) is 35.7 Å². The van der Waals surface area contributed by atoms with Crippen LogP contribution in [0.15, 0.2) is 18.3 Å². The van der Waals surface area contributed by atoms with Crippen LogP contribution >= 0.6 is 11.7 Å². The second-order valence-electron chi connectivity index (χ2n) is 4.24. The van der Waals surface area contributed by atoms with Gasteiger partial charge < -0.3 is 5.32 Å². The molecule has 2 aromatic rings. The molecular weight excluding hydrogens is 232 g/mol. The molecule has 2 aromatic heterocycles. The van der Waals surface area contributed by atoms with E-state index in [1.54, 1.807) is 0 Å². The van der Waals surface area contributed by atoms with Crippen LogP contribution in [0.4, 0.5) is 5.82 Å². The summed E-state index contributed by atoms with van der Waals surface area (Å²) in [7, 11) is 1.89. The molecule has 0 aliphatic heterocycles. The molecule has 0 spiro atoms. The summed E-state index contributed by atoms with van der Waals surface area (Å²) >= 11 is 1.27. The van der Waals surface area contributed by atoms with Crippen molar-refractivity contribution >= 4 is 17.5 Å². The van der Waals surface area contributed by atoms with E-state index in [0.29, 0.717) is 5.92 Å². The van der Waals surface area contributed by atoms with Crippen LogP contribution in [0.25, 0.3) is 0 Å². The predicted octanol–water partition coefficient (Wildman–Crippen LogP) is 2.44. The van der Waals surface area contributed by atoms with E-state index >= 15 is 0 Å². The Balaban J connectivity index is 2.06. The van der Waals surface area contributed by atoms with E-state index in [0.717, 1.165) is 24.4 Å². The Hall–Kier alpha value is -1.49. The van der Waals surface area contributed by atoms with Gasteiger partial charge in [0.05, 0.1) is 17.4 Å². The highest BCUT2D eigenvalue weighted by Gasteiger charge is 2.27. The van der Waals surface area contributed by atoms with Gasteiger partial charge in [0.15, 0.2) is 5.82 Å². The van der Waals surface area contributed by atoms with Crippen molar-refractivity contribution < 1.29 is 0 Å². The summed E-state index contributed by atoms with van der Waals surface area (Å²) < 4.78 is 8.71. The van der Waals surface area contributed by atoms with Crippen molar-refractivity contribution in [3.63, 3.8) is 0 Å². The third kappa shape index (κ3) is 1.80. The van der Waals surface area contributed by atoms with Gasteiger partial charge in [-0.05, 0) is 30.9 Å². The van der Waals surface area contributed by atoms with Crippen LogP contribution in [0.3, 0.4) is 0 Å². The number of hydrogen-bond donors (Lipinski definition) is 1. The van der Waals surface area contributed by atoms with Gasteiger partial charge in [-0.2, -0.15) is 8.75 Å². The lowest BCUT2D eigenvalue weighted by molar-refractivity contribution is 0.592. The third-order valence-electron chi connectivity index (χ3n) is 3.28. The minimum atomic E-state index is 0.307. The maximum atomic E-state index is 4.54. The molecule has 1 atom stereocenters. The monoisotopic (exact) mass is 246 g/mol. The quantitative estimate of drug-likeness (QED) is 0.884. The van der Waals surface area contributed by atoms with Gasteiger partial charge in [-0.15, -0.1) is 0 Å². The van der Waals surface area contributed by atoms with Crippen LogP contribution in [-0.2, 0) is 6.42 Å². The lowest BCUT2D eigenvalue weighted by Crippen LogP contribution is -2.14. The third-order valence-corrected chi connectivity index (χ3v) is 3.82. The topological polar surface area (TPSA) is 50.7 Å². The summed E-state index contributed by atoms with van der Waals surface area (Å²) in [5.74, 6) is 1.21. The molecule has 1 unspecified atom stereocenters. The van der Waals surface area contributed by atoms with Crippen LogP contribution in [0.2, 0.25) is 0 Å². The van der Waals surface area contributed by atoms with E-state index in [-0.39, 0.29) is 0 Å². The first kappa shape index (κ1) is 10.7. The molecule has 0 saturated heterocycles. The van der Waals surface area contributed by atoms with Crippen LogP contribution in [0, 0.1) is 0 Å². The molecule has 0 radical (unpaired) electrons. The first-order valence-corrected chi connectivity index (χ1v) is 6.57. The molecule has 5 heteroatoms. The number of hydrogen-bond acceptors (Lipinski definition) is 5. The van der Waals surface area contributed by atoms with Crippen molar-refractivity contribution in [3.8, 4) is 0 Å². The minimum Gasteiger partial charge on any atom is -0.371 e. The van der Waals surface area contributed by atoms with Crippen molar-refractivity contribution in [1.82, 2.24) is 13.7 Å². The van der Waals surface area contributed by atoms with E-state index in [4.69, 9.17) is 0 Å². The lowest BCUT2D eigenvalue weighted by Gasteiger charge is -2.23. The fraction of sp³-hybridized carbons (Fsp3) is 0.417. The highest BCUT2D eigenvalue weighted by Crippen LogP contribution is 2.37. The Morgan fingerprint density at radius 1 is 1.35 bits per heavy atom. The first-order valence-electron chi connectivity index (χ1n) is 5.84. The van der Waals surface area contributed by atoms with Crippen molar-refractivity contribution in [2.45, 2.75) is 25.2 Å². The molecule has 0 aromatic carbocycles. The second kappa shape index (κ2) is 4.41. The maximum Gasteiger partial charge on any atom is 0.163 e. The minimum absolute atomic E-state index is 0.307. The average Bonchev–Trinajstić information content (AvgIpc) is 2.86. The zero-order chi connectivity index (χ0) is 11.7. The fourth-order valence-corrected chi connectivity index (χ4v) is 3.08. The molecule has 4 nitrogen and oxygen atoms in total. The van der Waals surface area contributed by atoms with Gasteiger partial charge in [0.1, 0.15) is 5.69 Å². The Bertz CT molecular complexity index is 523. The Morgan fingerprint density at radius 2 is 2.29 bits per heavy atom. The Morgan fingerprint density at radius 3 is 3.18 bits per heavy atom. The molecular formula is C12H14N4S. The summed E-state index contributed by atoms with van der Waals surface area (Å²) in [5, 5.41) is 3.11. The molecule has 17 heavy (non-hydrogen) atoms. The van der Waals surface area contributed by atoms with Crippen molar-refractivity contribution in [3.05, 3.63) is 35.3 Å². The number of pyridine rings is 1. The summed E-state index contributed by atoms with van der Waals surface area (Å²) in [6.45, 7) is 0. The standard InChI is InChI=1S/C12H14N4S/c1-13-12-11(15-17-16-12)9-6-2-4-8-5-3-7-14-10(8)9/h3,5,7,9H,2,4,6H2,1H3,(H,13,16). The summed E-state index contributed by atoms with van der Waals surface area (Å²) in [5.41, 5.74) is 3.60. The number of rotatable bonds is 2. The van der Waals surface area contributed by atoms with E-state index in [1.165, 1.54) is 29.4 Å². The highest BCUT2D eigenvalue weighted by atomic mass is 32.1. The largest absolute Gasteiger partial charge is 0.371 e. The van der Waals surface area contributed by atoms with Crippen LogP contribution < -0.4 is 5.32 Å². The molecule has 1 N–H and O–H groups in total. The molecule has 3 rings (SSSR count). The van der Waals surface area contributed by atoms with Crippen molar-refractivity contribution in [2.24, 2.45) is 0 Å². The molecule has 1 aliphatic rings. The highest BCUT2D eigenvalue weighted by molar-refractivity contribution is 6.99. The lowest BCUT2D eigenvalue weighted by atomic mass is 9.84. The average molecular weight is 246 g/mol. The number of aromatic nitrogens is 3. The van der Waals surface area contributed by atoms with Gasteiger partial charge in [0.25, 0.3) is 0 Å². The summed E-state index contributed by atoms with van der Waals surface area (Å²) in [6, 6.07) is 4.19. The van der Waals surface area contributed by atoms with Gasteiger partial charge in [0.2, 0.25) is 0 Å². The first-order chi connectivity index (χ1) is 8.40. The van der Waals surface area contributed by atoms with Crippen molar-refractivity contribution in [1.29, 1.82) is 0 Å². The number of aryl methyl sites for hydroxylation is 1. The van der Waals surface area contributed by atoms with Crippen molar-refractivity contribution in [2.75, 3.05) is 12.4 Å². The van der Waals surface area contributed by atoms with Crippen LogP contribution in [-0.4, -0.2) is 20.8 Å². The molecule has 2 heterocycles. The number of nitrogens with one attached hydrogen (secondary N) is 1. The SMILES string of the molecule is CNc1nsnc1C1CCCc2cccnc21. The van der Waals surface area contributed by atoms with Gasteiger partial charge in [-0.25, -0.2) is 0 Å². The Labute approximate surface area is 104 Å². The van der Waals surface area contributed by atoms with E-state index in [1.807, 2.05) is 19.3 Å². The number of anilines is 1. The summed E-state index contributed by atoms with van der Waals surface area (Å²) in [4.78, 5) is 4.54. The normalized spacial score (nSPS) is 18.8. The smallest absolute Gasteiger partial charge is 0.163 e. The molecule has 0 saturated carbocycles. The molecule has 1 aliphatic carbocycles. The van der Waals surface area contributed by atoms with Crippen LogP contribution in [0.5, 0.6) is 0 Å². The fourth-order valence-electron chi connectivity index (χ4n) is 2.47. The molecule has 0 bridgehead atoms. The molecule has 88 valence electrons. The predicted molar refractivity (Wildman–Crippen MR) is 68.5 cm³/mol. The van der Waals surface area contributed by atoms with Gasteiger partial charge in [0, 0.05) is 19.2 Å². The number of nitrogens with zero attached hydrogens (tertiary/aromatic N) is 3. The zero-order valence-corrected chi connectivity index (χ0v) is 10.5. The molecule has 0 amide bonds. The molecule has 0 fully saturated rings. The summed E-state index contributed by atoms with van der Waals surface area (Å²) in [6.07, 6.45) is 5.32. The maximum absolute atomic E-state index is 4.54. The van der Waals surface area contributed by atoms with Gasteiger partial charge >= 0.3 is 0 Å². The van der Waals surface area contributed by atoms with E-state index in [9.17, 15) is 0 Å². The van der Waals surface area contributed by atoms with Gasteiger partial charge in [-0.1, -0.05) is 6.07 Å². The Kier molecular flexibility index (Phi) is 2.76.